The van der Waals surface area contributed by atoms with Gasteiger partial charge in [-0.15, -0.1) is 0 Å². The minimum atomic E-state index is -5.52. The van der Waals surface area contributed by atoms with Crippen LogP contribution in [0.5, 0.6) is 11.5 Å². The summed E-state index contributed by atoms with van der Waals surface area (Å²) in [5.74, 6) is -0.326. The van der Waals surface area contributed by atoms with Gasteiger partial charge in [-0.1, -0.05) is 13.8 Å². The first-order valence-electron chi connectivity index (χ1n) is 9.69. The number of halogens is 3. The molecule has 2 aromatic rings. The lowest BCUT2D eigenvalue weighted by Gasteiger charge is -2.13. The lowest BCUT2D eigenvalue weighted by atomic mass is 10.1. The van der Waals surface area contributed by atoms with Gasteiger partial charge in [-0.2, -0.15) is 13.2 Å². The molecule has 0 unspecified atom stereocenters. The summed E-state index contributed by atoms with van der Waals surface area (Å²) >= 11 is 0. The van der Waals surface area contributed by atoms with Gasteiger partial charge in [0.15, 0.2) is 11.5 Å². The third-order valence-corrected chi connectivity index (χ3v) is 5.90. The fourth-order valence-corrected chi connectivity index (χ4v) is 3.27. The fraction of sp³-hybridized carbons (Fsp3) is 0.333. The molecule has 0 atom stereocenters. The molecule has 0 bridgehead atoms. The average molecular weight is 488 g/mol. The van der Waals surface area contributed by atoms with E-state index in [1.807, 2.05) is 0 Å². The predicted molar refractivity (Wildman–Crippen MR) is 113 cm³/mol. The summed E-state index contributed by atoms with van der Waals surface area (Å²) in [5.41, 5.74) is -1.21. The van der Waals surface area contributed by atoms with Gasteiger partial charge in [0.1, 0.15) is 0 Å². The van der Waals surface area contributed by atoms with Gasteiger partial charge in [0.2, 0.25) is 0 Å². The summed E-state index contributed by atoms with van der Waals surface area (Å²) < 4.78 is 71.4. The van der Waals surface area contributed by atoms with Crippen molar-refractivity contribution in [3.05, 3.63) is 53.6 Å². The highest BCUT2D eigenvalue weighted by atomic mass is 32.2. The van der Waals surface area contributed by atoms with Crippen molar-refractivity contribution in [3.8, 4) is 11.5 Å². The van der Waals surface area contributed by atoms with E-state index in [1.165, 1.54) is 19.2 Å². The van der Waals surface area contributed by atoms with E-state index >= 15 is 0 Å². The van der Waals surface area contributed by atoms with Gasteiger partial charge in [0.25, 0.3) is 21.7 Å². The highest BCUT2D eigenvalue weighted by Gasteiger charge is 2.46. The Labute approximate surface area is 189 Å². The number of rotatable bonds is 8. The molecule has 0 aliphatic carbocycles. The largest absolute Gasteiger partial charge is 0.501 e. The van der Waals surface area contributed by atoms with Crippen LogP contribution in [-0.2, 0) is 9.84 Å². The molecule has 12 heteroatoms. The summed E-state index contributed by atoms with van der Waals surface area (Å²) in [6, 6.07) is 7.54. The van der Waals surface area contributed by atoms with E-state index in [2.05, 4.69) is 24.7 Å². The van der Waals surface area contributed by atoms with E-state index in [0.717, 1.165) is 18.6 Å². The van der Waals surface area contributed by atoms with Gasteiger partial charge in [0, 0.05) is 11.1 Å². The number of alkyl halides is 3. The molecular formula is C21H23F3N2O6S. The first-order chi connectivity index (χ1) is 15.4. The molecule has 33 heavy (non-hydrogen) atoms. The second-order valence-electron chi connectivity index (χ2n) is 7.28. The smallest absolute Gasteiger partial charge is 0.493 e. The number of nitrogens with one attached hydrogen (secondary N) is 2. The Morgan fingerprint density at radius 3 is 2.00 bits per heavy atom. The van der Waals surface area contributed by atoms with Gasteiger partial charge in [-0.25, -0.2) is 8.42 Å². The first kappa shape index (κ1) is 26.0. The molecule has 0 spiro atoms. The van der Waals surface area contributed by atoms with E-state index in [1.54, 1.807) is 6.07 Å². The molecule has 0 aliphatic rings. The molecular weight excluding hydrogens is 465 g/mol. The Balaban J connectivity index is 2.02. The molecule has 2 amide bonds. The summed E-state index contributed by atoms with van der Waals surface area (Å²) in [4.78, 5) is 23.5. The average Bonchev–Trinajstić information content (AvgIpc) is 2.76. The van der Waals surface area contributed by atoms with Crippen molar-refractivity contribution in [3.63, 3.8) is 0 Å². The highest BCUT2D eigenvalue weighted by molar-refractivity contribution is 7.92. The van der Waals surface area contributed by atoms with Crippen LogP contribution >= 0.6 is 0 Å². The number of amides is 2. The number of hydrogen-bond acceptors (Lipinski definition) is 6. The van der Waals surface area contributed by atoms with Gasteiger partial charge in [-0.3, -0.25) is 20.4 Å². The minimum absolute atomic E-state index is 0.148. The van der Waals surface area contributed by atoms with Crippen LogP contribution in [0.25, 0.3) is 0 Å². The molecule has 0 aliphatic heterocycles. The van der Waals surface area contributed by atoms with Crippen molar-refractivity contribution >= 4 is 21.7 Å². The van der Waals surface area contributed by atoms with Crippen LogP contribution in [0.3, 0.4) is 0 Å². The number of carbonyl (C=O) groups is 2. The summed E-state index contributed by atoms with van der Waals surface area (Å²) in [7, 11) is -4.11. The summed E-state index contributed by atoms with van der Waals surface area (Å²) in [6.07, 6.45) is 0.834. The van der Waals surface area contributed by atoms with Crippen molar-refractivity contribution < 1.29 is 40.7 Å². The number of carbonyl (C=O) groups excluding carboxylic acids is 2. The van der Waals surface area contributed by atoms with Crippen molar-refractivity contribution in [1.29, 1.82) is 0 Å². The molecule has 2 N–H and O–H groups in total. The second-order valence-corrected chi connectivity index (χ2v) is 9.22. The number of methoxy groups -OCH3 is 1. The van der Waals surface area contributed by atoms with E-state index in [-0.39, 0.29) is 11.1 Å². The molecule has 180 valence electrons. The van der Waals surface area contributed by atoms with E-state index in [4.69, 9.17) is 9.47 Å². The third-order valence-electron chi connectivity index (χ3n) is 4.40. The van der Waals surface area contributed by atoms with Crippen LogP contribution in [0, 0.1) is 5.92 Å². The van der Waals surface area contributed by atoms with Crippen LogP contribution < -0.4 is 20.3 Å². The Hall–Kier alpha value is -3.28. The molecule has 0 saturated carbocycles. The van der Waals surface area contributed by atoms with Crippen LogP contribution in [0.1, 0.15) is 41.0 Å². The quantitative estimate of drug-likeness (QED) is 0.551. The van der Waals surface area contributed by atoms with E-state index in [9.17, 15) is 31.2 Å². The van der Waals surface area contributed by atoms with Crippen molar-refractivity contribution in [1.82, 2.24) is 10.9 Å². The number of ether oxygens (including phenoxy) is 2. The van der Waals surface area contributed by atoms with Crippen LogP contribution in [-0.4, -0.2) is 39.5 Å². The van der Waals surface area contributed by atoms with Crippen LogP contribution in [0.2, 0.25) is 0 Å². The van der Waals surface area contributed by atoms with Gasteiger partial charge in [-0.05, 0) is 54.8 Å². The van der Waals surface area contributed by atoms with Crippen molar-refractivity contribution in [2.75, 3.05) is 13.7 Å². The lowest BCUT2D eigenvalue weighted by Crippen LogP contribution is -2.41. The van der Waals surface area contributed by atoms with Crippen molar-refractivity contribution in [2.24, 2.45) is 5.92 Å². The summed E-state index contributed by atoms with van der Waals surface area (Å²) in [6.45, 7) is 4.58. The zero-order chi connectivity index (χ0) is 24.8. The molecule has 0 aromatic heterocycles. The second kappa shape index (κ2) is 10.6. The SMILES string of the molecule is COc1cc(C(=O)NNC(=O)c2ccc(S(=O)(=O)C(F)(F)F)cc2)ccc1OCCC(C)C. The molecule has 0 radical (unpaired) electrons. The number of benzene rings is 2. The van der Waals surface area contributed by atoms with Gasteiger partial charge < -0.3 is 9.47 Å². The number of sulfone groups is 1. The first-order valence-corrected chi connectivity index (χ1v) is 11.2. The topological polar surface area (TPSA) is 111 Å². The van der Waals surface area contributed by atoms with Crippen molar-refractivity contribution in [2.45, 2.75) is 30.7 Å². The van der Waals surface area contributed by atoms with Crippen LogP contribution in [0.15, 0.2) is 47.4 Å². The Kier molecular flexibility index (Phi) is 8.31. The molecule has 8 nitrogen and oxygen atoms in total. The number of hydrogen-bond donors (Lipinski definition) is 2. The van der Waals surface area contributed by atoms with Gasteiger partial charge in [0.05, 0.1) is 18.6 Å². The Morgan fingerprint density at radius 1 is 0.939 bits per heavy atom. The monoisotopic (exact) mass is 488 g/mol. The normalized spacial score (nSPS) is 11.7. The maximum atomic E-state index is 12.6. The summed E-state index contributed by atoms with van der Waals surface area (Å²) in [5, 5.41) is 0. The predicted octanol–water partition coefficient (Wildman–Crippen LogP) is 3.49. The van der Waals surface area contributed by atoms with Gasteiger partial charge >= 0.3 is 5.51 Å². The lowest BCUT2D eigenvalue weighted by molar-refractivity contribution is -0.0436. The maximum absolute atomic E-state index is 12.6. The highest BCUT2D eigenvalue weighted by Crippen LogP contribution is 2.30. The Bertz CT molecular complexity index is 1100. The maximum Gasteiger partial charge on any atom is 0.501 e. The molecule has 2 aromatic carbocycles. The molecule has 0 heterocycles. The standard InChI is InChI=1S/C21H23F3N2O6S/c1-13(2)10-11-32-17-9-6-15(12-18(17)31-3)20(28)26-25-19(27)14-4-7-16(8-5-14)33(29,30)21(22,23)24/h4-9,12-13H,10-11H2,1-3H3,(H,25,27)(H,26,28). The molecule has 0 saturated heterocycles. The third kappa shape index (κ3) is 6.60. The zero-order valence-corrected chi connectivity index (χ0v) is 18.8. The minimum Gasteiger partial charge on any atom is -0.493 e. The Morgan fingerprint density at radius 2 is 1.48 bits per heavy atom. The zero-order valence-electron chi connectivity index (χ0n) is 18.0. The fourth-order valence-electron chi connectivity index (χ4n) is 2.51. The number of hydrazine groups is 1. The van der Waals surface area contributed by atoms with Crippen LogP contribution in [0.4, 0.5) is 13.2 Å². The van der Waals surface area contributed by atoms with E-state index in [0.29, 0.717) is 36.2 Å². The molecule has 0 fully saturated rings. The van der Waals surface area contributed by atoms with E-state index < -0.39 is 32.1 Å². The molecule has 2 rings (SSSR count).